The number of rotatable bonds is 10. The van der Waals surface area contributed by atoms with Crippen molar-refractivity contribution in [1.29, 1.82) is 0 Å². The maximum Gasteiger partial charge on any atom is 0.137 e. The first-order valence-electron chi connectivity index (χ1n) is 24.4. The van der Waals surface area contributed by atoms with Gasteiger partial charge in [0.2, 0.25) is 0 Å². The van der Waals surface area contributed by atoms with Gasteiger partial charge in [0.25, 0.3) is 0 Å². The molecule has 1 aliphatic rings. The monoisotopic (exact) mass is 905 g/mol. The van der Waals surface area contributed by atoms with Crippen molar-refractivity contribution in [3.63, 3.8) is 0 Å². The van der Waals surface area contributed by atoms with E-state index < -0.39 is 0 Å². The second kappa shape index (κ2) is 17.3. The fourth-order valence-corrected chi connectivity index (χ4v) is 10.00. The molecule has 0 N–H and O–H groups in total. The van der Waals surface area contributed by atoms with Crippen LogP contribution in [-0.2, 0) is 16.2 Å². The third kappa shape index (κ3) is 8.72. The Bertz CT molecular complexity index is 3350. The predicted molar refractivity (Wildman–Crippen MR) is 290 cm³/mol. The fourth-order valence-electron chi connectivity index (χ4n) is 10.00. The Kier molecular flexibility index (Phi) is 11.4. The minimum absolute atomic E-state index is 0.0314. The van der Waals surface area contributed by atoms with Gasteiger partial charge in [-0.05, 0) is 99.0 Å². The van der Waals surface area contributed by atoms with Gasteiger partial charge in [0.1, 0.15) is 17.3 Å². The molecule has 5 nitrogen and oxygen atoms in total. The van der Waals surface area contributed by atoms with Gasteiger partial charge in [-0.1, -0.05) is 184 Å². The molecular formula is C64H64N4O. The van der Waals surface area contributed by atoms with E-state index in [1.165, 1.54) is 55.7 Å². The van der Waals surface area contributed by atoms with E-state index in [9.17, 15) is 0 Å². The van der Waals surface area contributed by atoms with Crippen molar-refractivity contribution in [2.75, 3.05) is 16.5 Å². The molecule has 0 aliphatic carbocycles. The molecule has 0 saturated heterocycles. The number of benzene rings is 7. The molecule has 2 aromatic heterocycles. The maximum atomic E-state index is 7.14. The lowest BCUT2D eigenvalue weighted by Crippen LogP contribution is -2.31. The summed E-state index contributed by atoms with van der Waals surface area (Å²) in [5.74, 6) is 2.42. The van der Waals surface area contributed by atoms with Crippen molar-refractivity contribution in [1.82, 2.24) is 9.55 Å². The van der Waals surface area contributed by atoms with Gasteiger partial charge >= 0.3 is 0 Å². The zero-order chi connectivity index (χ0) is 48.3. The van der Waals surface area contributed by atoms with Gasteiger partial charge in [0, 0.05) is 68.6 Å². The lowest BCUT2D eigenvalue weighted by Gasteiger charge is -2.33. The Morgan fingerprint density at radius 1 is 0.435 bits per heavy atom. The average Bonchev–Trinajstić information content (AvgIpc) is 3.96. The molecule has 0 radical (unpaired) electrons. The number of aromatic nitrogens is 2. The number of para-hydroxylation sites is 1. The highest BCUT2D eigenvalue weighted by molar-refractivity contribution is 6.09. The number of hydrogen-bond acceptors (Lipinski definition) is 4. The summed E-state index contributed by atoms with van der Waals surface area (Å²) < 4.78 is 9.43. The minimum Gasteiger partial charge on any atom is -0.457 e. The number of pyridine rings is 1. The molecule has 0 bridgehead atoms. The van der Waals surface area contributed by atoms with Gasteiger partial charge in [-0.3, -0.25) is 4.57 Å². The number of hydrogen-bond donors (Lipinski definition) is 0. The van der Waals surface area contributed by atoms with Crippen molar-refractivity contribution >= 4 is 33.2 Å². The van der Waals surface area contributed by atoms with Crippen LogP contribution in [0, 0.1) is 5.41 Å². The Morgan fingerprint density at radius 2 is 1.04 bits per heavy atom. The molecule has 0 atom stereocenters. The quantitative estimate of drug-likeness (QED) is 0.137. The van der Waals surface area contributed by atoms with Crippen LogP contribution in [-0.4, -0.2) is 16.2 Å². The molecule has 0 unspecified atom stereocenters. The normalized spacial score (nSPS) is 13.6. The van der Waals surface area contributed by atoms with Crippen LogP contribution in [0.25, 0.3) is 38.8 Å². The van der Waals surface area contributed by atoms with E-state index in [1.807, 2.05) is 6.20 Å². The number of anilines is 2. The predicted octanol–water partition coefficient (Wildman–Crippen LogP) is 16.8. The van der Waals surface area contributed by atoms with E-state index in [1.54, 1.807) is 0 Å². The molecule has 7 aromatic carbocycles. The molecular weight excluding hydrogens is 841 g/mol. The van der Waals surface area contributed by atoms with Crippen molar-refractivity contribution in [2.45, 2.75) is 85.5 Å². The topological polar surface area (TPSA) is 33.5 Å². The minimum atomic E-state index is -0.327. The number of ether oxygens (including phenoxy) is 1. The van der Waals surface area contributed by atoms with Gasteiger partial charge < -0.3 is 14.5 Å². The molecule has 3 heterocycles. The zero-order valence-corrected chi connectivity index (χ0v) is 41.9. The largest absolute Gasteiger partial charge is 0.457 e. The second-order valence-electron chi connectivity index (χ2n) is 21.9. The Morgan fingerprint density at radius 3 is 1.71 bits per heavy atom. The van der Waals surface area contributed by atoms with Gasteiger partial charge in [-0.25, -0.2) is 4.98 Å². The van der Waals surface area contributed by atoms with E-state index >= 15 is 0 Å². The summed E-state index contributed by atoms with van der Waals surface area (Å²) >= 11 is 0. The van der Waals surface area contributed by atoms with Crippen LogP contribution in [0.3, 0.4) is 0 Å². The highest BCUT2D eigenvalue weighted by Gasteiger charge is 2.34. The highest BCUT2D eigenvalue weighted by atomic mass is 16.5. The molecule has 10 rings (SSSR count). The summed E-state index contributed by atoms with van der Waals surface area (Å²) in [7, 11) is 0. The van der Waals surface area contributed by atoms with Crippen molar-refractivity contribution in [3.05, 3.63) is 228 Å². The first-order chi connectivity index (χ1) is 32.9. The van der Waals surface area contributed by atoms with Crippen LogP contribution < -0.4 is 14.5 Å². The molecule has 0 fully saturated rings. The number of nitrogens with zero attached hydrogens (tertiary/aromatic N) is 4. The molecule has 9 aromatic rings. The van der Waals surface area contributed by atoms with Gasteiger partial charge in [-0.2, -0.15) is 0 Å². The molecule has 0 spiro atoms. The standard InChI is InChI=1S/C64H64N4O/c1-61(2,3)49-34-45(44-22-14-11-15-23-44)35-51(36-49)66-42-59(62(4,5)6)67(43-66)52-37-50(64(9,10)47-26-18-13-19-27-47)38-54(40-52)69-53-30-31-56-55-28-20-21-29-57(55)68(58(56)41-53)60-39-48(32-33-65-60)63(7,8)46-24-16-12-17-25-46/h11-42H,43H2,1-10H3. The van der Waals surface area contributed by atoms with Gasteiger partial charge in [0.15, 0.2) is 0 Å². The fraction of sp³-hybridized carbons (Fsp3) is 0.234. The van der Waals surface area contributed by atoms with Crippen LogP contribution in [0.2, 0.25) is 0 Å². The molecule has 0 saturated carbocycles. The first-order valence-corrected chi connectivity index (χ1v) is 24.4. The van der Waals surface area contributed by atoms with Crippen LogP contribution in [0.1, 0.15) is 97.1 Å². The van der Waals surface area contributed by atoms with Gasteiger partial charge in [0.05, 0.1) is 17.7 Å². The third-order valence-electron chi connectivity index (χ3n) is 14.3. The molecule has 1 aliphatic heterocycles. The molecule has 5 heteroatoms. The third-order valence-corrected chi connectivity index (χ3v) is 14.3. The van der Waals surface area contributed by atoms with E-state index in [0.29, 0.717) is 6.67 Å². The van der Waals surface area contributed by atoms with Gasteiger partial charge in [-0.15, -0.1) is 0 Å². The summed E-state index contributed by atoms with van der Waals surface area (Å²) in [6, 6.07) is 65.7. The molecule has 346 valence electrons. The van der Waals surface area contributed by atoms with E-state index in [4.69, 9.17) is 9.72 Å². The van der Waals surface area contributed by atoms with Crippen molar-refractivity contribution < 1.29 is 4.74 Å². The zero-order valence-electron chi connectivity index (χ0n) is 41.9. The maximum absolute atomic E-state index is 7.14. The molecule has 69 heavy (non-hydrogen) atoms. The first kappa shape index (κ1) is 45.4. The lowest BCUT2D eigenvalue weighted by atomic mass is 9.78. The highest BCUT2D eigenvalue weighted by Crippen LogP contribution is 2.45. The summed E-state index contributed by atoms with van der Waals surface area (Å²) in [6.07, 6.45) is 4.31. The summed E-state index contributed by atoms with van der Waals surface area (Å²) in [5, 5.41) is 2.32. The molecule has 0 amide bonds. The average molecular weight is 905 g/mol. The van der Waals surface area contributed by atoms with E-state index in [0.717, 1.165) is 39.4 Å². The van der Waals surface area contributed by atoms with Crippen LogP contribution in [0.15, 0.2) is 200 Å². The SMILES string of the molecule is CC(C)(C)C1=CN(c2cc(-c3ccccc3)cc(C(C)(C)C)c2)CN1c1cc(Oc2ccc3c4ccccc4n(-c4cc(C(C)(C)c5ccccc5)ccn4)c3c2)cc(C(C)(C)c2ccccc2)c1. The Hall–Kier alpha value is -7.37. The van der Waals surface area contributed by atoms with Crippen molar-refractivity contribution in [3.8, 4) is 28.4 Å². The van der Waals surface area contributed by atoms with Crippen LogP contribution >= 0.6 is 0 Å². The smallest absolute Gasteiger partial charge is 0.137 e. The van der Waals surface area contributed by atoms with E-state index in [-0.39, 0.29) is 21.7 Å². The second-order valence-corrected chi connectivity index (χ2v) is 21.9. The summed E-state index contributed by atoms with van der Waals surface area (Å²) in [4.78, 5) is 9.94. The Labute approximate surface area is 409 Å². The summed E-state index contributed by atoms with van der Waals surface area (Å²) in [5.41, 5.74) is 13.5. The number of fused-ring (bicyclic) bond motifs is 3. The van der Waals surface area contributed by atoms with E-state index in [2.05, 4.69) is 272 Å². The van der Waals surface area contributed by atoms with Crippen LogP contribution in [0.4, 0.5) is 11.4 Å². The van der Waals surface area contributed by atoms with Crippen LogP contribution in [0.5, 0.6) is 11.5 Å². The number of allylic oxidation sites excluding steroid dienone is 1. The Balaban J connectivity index is 1.08. The van der Waals surface area contributed by atoms with Crippen molar-refractivity contribution in [2.24, 2.45) is 5.41 Å². The summed E-state index contributed by atoms with van der Waals surface area (Å²) in [6.45, 7) is 23.7. The lowest BCUT2D eigenvalue weighted by molar-refractivity contribution is 0.478.